The van der Waals surface area contributed by atoms with E-state index in [0.717, 1.165) is 24.9 Å². The largest absolute Gasteiger partial charge is 0.491 e. The molecule has 0 radical (unpaired) electrons. The summed E-state index contributed by atoms with van der Waals surface area (Å²) in [6.07, 6.45) is 6.31. The smallest absolute Gasteiger partial charge is 0.266 e. The van der Waals surface area contributed by atoms with E-state index in [1.54, 1.807) is 27.8 Å². The average molecular weight is 496 g/mol. The number of hydrogen-bond acceptors (Lipinski definition) is 5. The molecule has 34 heavy (non-hydrogen) atoms. The van der Waals surface area contributed by atoms with E-state index >= 15 is 0 Å². The van der Waals surface area contributed by atoms with Gasteiger partial charge in [-0.15, -0.1) is 0 Å². The Morgan fingerprint density at radius 2 is 1.94 bits per heavy atom. The minimum absolute atomic E-state index is 0.101. The van der Waals surface area contributed by atoms with Crippen LogP contribution in [0.25, 0.3) is 23.0 Å². The van der Waals surface area contributed by atoms with E-state index in [1.165, 1.54) is 17.8 Å². The first-order valence-electron chi connectivity index (χ1n) is 11.3. The van der Waals surface area contributed by atoms with E-state index in [1.807, 2.05) is 43.5 Å². The molecule has 0 saturated carbocycles. The van der Waals surface area contributed by atoms with Crippen molar-refractivity contribution in [1.29, 1.82) is 0 Å². The van der Waals surface area contributed by atoms with Crippen molar-refractivity contribution in [1.82, 2.24) is 14.7 Å². The van der Waals surface area contributed by atoms with E-state index in [9.17, 15) is 9.18 Å². The molecule has 0 atom stereocenters. The van der Waals surface area contributed by atoms with Crippen molar-refractivity contribution < 1.29 is 13.9 Å². The minimum Gasteiger partial charge on any atom is -0.491 e. The van der Waals surface area contributed by atoms with Crippen LogP contribution < -0.4 is 4.74 Å². The van der Waals surface area contributed by atoms with Gasteiger partial charge in [-0.1, -0.05) is 62.4 Å². The monoisotopic (exact) mass is 495 g/mol. The van der Waals surface area contributed by atoms with Crippen LogP contribution in [0.4, 0.5) is 4.39 Å². The highest BCUT2D eigenvalue weighted by atomic mass is 32.2. The second-order valence-electron chi connectivity index (χ2n) is 7.89. The molecule has 0 N–H and O–H groups in total. The molecule has 0 spiro atoms. The van der Waals surface area contributed by atoms with Gasteiger partial charge in [-0.3, -0.25) is 9.69 Å². The van der Waals surface area contributed by atoms with Gasteiger partial charge >= 0.3 is 0 Å². The molecule has 0 unspecified atom stereocenters. The van der Waals surface area contributed by atoms with Crippen LogP contribution in [0.1, 0.15) is 38.7 Å². The van der Waals surface area contributed by atoms with Crippen LogP contribution in [0.5, 0.6) is 5.75 Å². The number of thiocarbonyl (C=S) groups is 1. The number of aromatic nitrogens is 2. The van der Waals surface area contributed by atoms with Gasteiger partial charge in [-0.25, -0.2) is 9.07 Å². The lowest BCUT2D eigenvalue weighted by atomic mass is 10.1. The Labute approximate surface area is 208 Å². The first kappa shape index (κ1) is 24.2. The molecule has 2 heterocycles. The van der Waals surface area contributed by atoms with E-state index < -0.39 is 5.82 Å². The van der Waals surface area contributed by atoms with Crippen LogP contribution >= 0.6 is 24.0 Å². The maximum Gasteiger partial charge on any atom is 0.266 e. The molecular weight excluding hydrogens is 469 g/mol. The SMILES string of the molecule is CCCCN1C(=O)C(=Cc2cn(-c3ccccc3)nc2-c2ccc(OCCC)c(F)c2)SC1=S. The maximum atomic E-state index is 14.8. The van der Waals surface area contributed by atoms with Gasteiger partial charge in [0.2, 0.25) is 0 Å². The highest BCUT2D eigenvalue weighted by Gasteiger charge is 2.32. The molecule has 1 aliphatic heterocycles. The average Bonchev–Trinajstić information content (AvgIpc) is 3.38. The number of nitrogens with zero attached hydrogens (tertiary/aromatic N) is 3. The Bertz CT molecular complexity index is 1220. The van der Waals surface area contributed by atoms with E-state index in [0.29, 0.717) is 39.2 Å². The Morgan fingerprint density at radius 1 is 1.15 bits per heavy atom. The number of thioether (sulfide) groups is 1. The van der Waals surface area contributed by atoms with Gasteiger partial charge in [0.05, 0.1) is 17.2 Å². The third kappa shape index (κ3) is 5.23. The van der Waals surface area contributed by atoms with Gasteiger partial charge in [-0.05, 0) is 49.2 Å². The van der Waals surface area contributed by atoms with Crippen LogP contribution in [0.2, 0.25) is 0 Å². The summed E-state index contributed by atoms with van der Waals surface area (Å²) in [6, 6.07) is 14.5. The second kappa shape index (κ2) is 11.0. The zero-order valence-electron chi connectivity index (χ0n) is 19.2. The van der Waals surface area contributed by atoms with Gasteiger partial charge in [-0.2, -0.15) is 5.10 Å². The molecule has 1 aromatic heterocycles. The number of rotatable bonds is 9. The van der Waals surface area contributed by atoms with Crippen molar-refractivity contribution >= 4 is 40.3 Å². The summed E-state index contributed by atoms with van der Waals surface area (Å²) in [7, 11) is 0. The first-order chi connectivity index (χ1) is 16.5. The fourth-order valence-corrected chi connectivity index (χ4v) is 4.86. The topological polar surface area (TPSA) is 47.4 Å². The van der Waals surface area contributed by atoms with E-state index in [4.69, 9.17) is 22.1 Å². The van der Waals surface area contributed by atoms with Gasteiger partial charge in [0, 0.05) is 23.9 Å². The fourth-order valence-electron chi connectivity index (χ4n) is 3.56. The summed E-state index contributed by atoms with van der Waals surface area (Å²) in [4.78, 5) is 15.2. The Kier molecular flexibility index (Phi) is 7.80. The standard InChI is InChI=1S/C26H26FN3O2S2/c1-3-5-13-29-25(31)23(34-26(29)33)16-19-17-30(20-9-7-6-8-10-20)28-24(19)18-11-12-22(21(27)15-18)32-14-4-2/h6-12,15-17H,3-5,13-14H2,1-2H3. The molecule has 3 aromatic rings. The lowest BCUT2D eigenvalue weighted by Gasteiger charge is -2.13. The molecule has 8 heteroatoms. The van der Waals surface area contributed by atoms with Gasteiger partial charge < -0.3 is 4.74 Å². The maximum absolute atomic E-state index is 14.8. The second-order valence-corrected chi connectivity index (χ2v) is 9.57. The molecule has 5 nitrogen and oxygen atoms in total. The molecule has 4 rings (SSSR count). The number of ether oxygens (including phenoxy) is 1. The third-order valence-corrected chi connectivity index (χ3v) is 6.70. The van der Waals surface area contributed by atoms with Crippen molar-refractivity contribution in [3.05, 3.63) is 71.0 Å². The fraction of sp³-hybridized carbons (Fsp3) is 0.269. The summed E-state index contributed by atoms with van der Waals surface area (Å²) in [5.74, 6) is -0.333. The number of carbonyl (C=O) groups excluding carboxylic acids is 1. The van der Waals surface area contributed by atoms with Gasteiger partial charge in [0.1, 0.15) is 10.0 Å². The zero-order valence-corrected chi connectivity index (χ0v) is 20.8. The third-order valence-electron chi connectivity index (χ3n) is 5.33. The number of halogens is 1. The Morgan fingerprint density at radius 3 is 2.65 bits per heavy atom. The number of amides is 1. The van der Waals surface area contributed by atoms with Gasteiger partial charge in [0.25, 0.3) is 5.91 Å². The lowest BCUT2D eigenvalue weighted by Crippen LogP contribution is -2.28. The summed E-state index contributed by atoms with van der Waals surface area (Å²) >= 11 is 6.73. The van der Waals surface area contributed by atoms with E-state index in [2.05, 4.69) is 6.92 Å². The zero-order chi connectivity index (χ0) is 24.1. The normalized spacial score (nSPS) is 14.9. The van der Waals surface area contributed by atoms with Crippen LogP contribution in [0.15, 0.2) is 59.6 Å². The van der Waals surface area contributed by atoms with E-state index in [-0.39, 0.29) is 11.7 Å². The molecular formula is C26H26FN3O2S2. The quantitative estimate of drug-likeness (QED) is 0.252. The van der Waals surface area contributed by atoms with Crippen LogP contribution in [0, 0.1) is 5.82 Å². The number of para-hydroxylation sites is 1. The van der Waals surface area contributed by atoms with Crippen molar-refractivity contribution in [2.24, 2.45) is 0 Å². The number of benzene rings is 2. The molecule has 1 amide bonds. The van der Waals surface area contributed by atoms with Crippen molar-refractivity contribution in [3.8, 4) is 22.7 Å². The Hall–Kier alpha value is -2.97. The van der Waals surface area contributed by atoms with Crippen LogP contribution in [0.3, 0.4) is 0 Å². The molecule has 1 fully saturated rings. The number of carbonyl (C=O) groups is 1. The summed E-state index contributed by atoms with van der Waals surface area (Å²) in [6.45, 7) is 5.11. The summed E-state index contributed by atoms with van der Waals surface area (Å²) < 4.78 is 22.5. The molecule has 2 aromatic carbocycles. The van der Waals surface area contributed by atoms with Gasteiger partial charge in [0.15, 0.2) is 11.6 Å². The first-order valence-corrected chi connectivity index (χ1v) is 12.6. The predicted molar refractivity (Wildman–Crippen MR) is 140 cm³/mol. The highest BCUT2D eigenvalue weighted by Crippen LogP contribution is 2.35. The van der Waals surface area contributed by atoms with Crippen molar-refractivity contribution in [3.63, 3.8) is 0 Å². The Balaban J connectivity index is 1.74. The molecule has 0 aliphatic carbocycles. The predicted octanol–water partition coefficient (Wildman–Crippen LogP) is 6.47. The van der Waals surface area contributed by atoms with Crippen molar-refractivity contribution in [2.75, 3.05) is 13.2 Å². The van der Waals surface area contributed by atoms with Crippen molar-refractivity contribution in [2.45, 2.75) is 33.1 Å². The molecule has 0 bridgehead atoms. The minimum atomic E-state index is -0.447. The number of hydrogen-bond donors (Lipinski definition) is 0. The number of unbranched alkanes of at least 4 members (excludes halogenated alkanes) is 1. The molecule has 1 aliphatic rings. The highest BCUT2D eigenvalue weighted by molar-refractivity contribution is 8.26. The molecule has 176 valence electrons. The van der Waals surface area contributed by atoms with Crippen LogP contribution in [-0.2, 0) is 4.79 Å². The summed E-state index contributed by atoms with van der Waals surface area (Å²) in [5, 5.41) is 4.74. The summed E-state index contributed by atoms with van der Waals surface area (Å²) in [5.41, 5.74) is 2.75. The lowest BCUT2D eigenvalue weighted by molar-refractivity contribution is -0.122. The molecule has 1 saturated heterocycles. The van der Waals surface area contributed by atoms with Crippen LogP contribution in [-0.4, -0.2) is 38.1 Å².